The predicted octanol–water partition coefficient (Wildman–Crippen LogP) is 4.38. The van der Waals surface area contributed by atoms with Gasteiger partial charge in [0.2, 0.25) is 11.8 Å². The van der Waals surface area contributed by atoms with Crippen LogP contribution in [0, 0.1) is 5.92 Å². The highest BCUT2D eigenvalue weighted by Gasteiger charge is 2.34. The molecule has 0 radical (unpaired) electrons. The number of nitrogens with zero attached hydrogens (tertiary/aromatic N) is 4. The average Bonchev–Trinajstić information content (AvgIpc) is 3.35. The number of nitrogens with one attached hydrogen (secondary N) is 1. The standard InChI is InChI=1S/C30H35N5O4/c1-21(2)16-17-31-30(37)29(24-15-14-23(38-3)18-27(24)39-4)34(19-22-10-6-5-7-11-22)28(36)20-35-26-13-9-8-12-25(26)32-33-35/h5-15,18,21,29H,16-17,19-20H2,1-4H3,(H,31,37)/t29-/m0/s1. The monoisotopic (exact) mass is 529 g/mol. The van der Waals surface area contributed by atoms with Crippen molar-refractivity contribution in [3.05, 3.63) is 83.9 Å². The number of carbonyl (C=O) groups is 2. The zero-order valence-corrected chi connectivity index (χ0v) is 22.8. The van der Waals surface area contributed by atoms with Gasteiger partial charge in [0.25, 0.3) is 0 Å². The summed E-state index contributed by atoms with van der Waals surface area (Å²) in [6.07, 6.45) is 0.815. The number of fused-ring (bicyclic) bond motifs is 1. The minimum Gasteiger partial charge on any atom is -0.497 e. The summed E-state index contributed by atoms with van der Waals surface area (Å²) in [6.45, 7) is 4.82. The molecule has 0 unspecified atom stereocenters. The Morgan fingerprint density at radius 2 is 1.72 bits per heavy atom. The van der Waals surface area contributed by atoms with Crippen molar-refractivity contribution in [1.29, 1.82) is 0 Å². The maximum Gasteiger partial charge on any atom is 0.247 e. The van der Waals surface area contributed by atoms with Gasteiger partial charge in [-0.25, -0.2) is 4.68 Å². The number of rotatable bonds is 12. The molecule has 3 aromatic carbocycles. The van der Waals surface area contributed by atoms with Crippen molar-refractivity contribution < 1.29 is 19.1 Å². The number of hydrogen-bond acceptors (Lipinski definition) is 6. The lowest BCUT2D eigenvalue weighted by Crippen LogP contribution is -2.45. The molecule has 1 aromatic heterocycles. The topological polar surface area (TPSA) is 98.6 Å². The van der Waals surface area contributed by atoms with Crippen LogP contribution in [0.1, 0.15) is 37.4 Å². The lowest BCUT2D eigenvalue weighted by atomic mass is 10.0. The molecule has 1 atom stereocenters. The van der Waals surface area contributed by atoms with Crippen molar-refractivity contribution in [2.45, 2.75) is 39.4 Å². The van der Waals surface area contributed by atoms with Crippen LogP contribution in [0.2, 0.25) is 0 Å². The molecule has 0 spiro atoms. The van der Waals surface area contributed by atoms with E-state index in [1.807, 2.05) is 54.6 Å². The predicted molar refractivity (Wildman–Crippen MR) is 149 cm³/mol. The van der Waals surface area contributed by atoms with Gasteiger partial charge >= 0.3 is 0 Å². The Labute approximate surface area is 228 Å². The molecule has 0 saturated heterocycles. The van der Waals surface area contributed by atoms with Crippen LogP contribution < -0.4 is 14.8 Å². The first-order chi connectivity index (χ1) is 18.9. The number of para-hydroxylation sites is 1. The fourth-order valence-corrected chi connectivity index (χ4v) is 4.43. The molecule has 0 saturated carbocycles. The van der Waals surface area contributed by atoms with Crippen molar-refractivity contribution in [2.24, 2.45) is 5.92 Å². The maximum absolute atomic E-state index is 14.1. The summed E-state index contributed by atoms with van der Waals surface area (Å²) in [5.74, 6) is 0.894. The van der Waals surface area contributed by atoms with Crippen molar-refractivity contribution >= 4 is 22.8 Å². The summed E-state index contributed by atoms with van der Waals surface area (Å²) < 4.78 is 12.6. The molecule has 0 aliphatic carbocycles. The quantitative estimate of drug-likeness (QED) is 0.292. The highest BCUT2D eigenvalue weighted by molar-refractivity contribution is 5.90. The molecule has 2 amide bonds. The highest BCUT2D eigenvalue weighted by Crippen LogP contribution is 2.34. The smallest absolute Gasteiger partial charge is 0.247 e. The lowest BCUT2D eigenvalue weighted by molar-refractivity contribution is -0.142. The van der Waals surface area contributed by atoms with Crippen molar-refractivity contribution in [1.82, 2.24) is 25.2 Å². The second kappa shape index (κ2) is 12.9. The Hall–Kier alpha value is -4.40. The van der Waals surface area contributed by atoms with Crippen LogP contribution in [0.4, 0.5) is 0 Å². The number of hydrogen-bond donors (Lipinski definition) is 1. The molecule has 0 bridgehead atoms. The van der Waals surface area contributed by atoms with Crippen LogP contribution in [0.3, 0.4) is 0 Å². The number of aromatic nitrogens is 3. The Morgan fingerprint density at radius 3 is 2.44 bits per heavy atom. The normalized spacial score (nSPS) is 11.8. The zero-order chi connectivity index (χ0) is 27.8. The fourth-order valence-electron chi connectivity index (χ4n) is 4.43. The molecule has 4 aromatic rings. The largest absolute Gasteiger partial charge is 0.497 e. The Morgan fingerprint density at radius 1 is 0.974 bits per heavy atom. The van der Waals surface area contributed by atoms with Gasteiger partial charge in [0.15, 0.2) is 0 Å². The summed E-state index contributed by atoms with van der Waals surface area (Å²) in [5, 5.41) is 11.4. The zero-order valence-electron chi connectivity index (χ0n) is 22.8. The van der Waals surface area contributed by atoms with E-state index in [0.717, 1.165) is 17.5 Å². The summed E-state index contributed by atoms with van der Waals surface area (Å²) in [4.78, 5) is 29.5. The SMILES string of the molecule is COc1ccc([C@@H](C(=O)NCCC(C)C)N(Cc2ccccc2)C(=O)Cn2nnc3ccccc32)c(OC)c1. The lowest BCUT2D eigenvalue weighted by Gasteiger charge is -2.32. The van der Waals surface area contributed by atoms with Gasteiger partial charge in [-0.05, 0) is 42.2 Å². The second-order valence-corrected chi connectivity index (χ2v) is 9.73. The number of amides is 2. The Balaban J connectivity index is 1.77. The van der Waals surface area contributed by atoms with Crippen LogP contribution in [0.25, 0.3) is 11.0 Å². The van der Waals surface area contributed by atoms with E-state index >= 15 is 0 Å². The molecular weight excluding hydrogens is 494 g/mol. The van der Waals surface area contributed by atoms with E-state index in [4.69, 9.17) is 9.47 Å². The van der Waals surface area contributed by atoms with E-state index in [2.05, 4.69) is 29.5 Å². The molecule has 0 fully saturated rings. The van der Waals surface area contributed by atoms with Crippen LogP contribution in [0.5, 0.6) is 11.5 Å². The average molecular weight is 530 g/mol. The molecule has 4 rings (SSSR count). The molecule has 204 valence electrons. The summed E-state index contributed by atoms with van der Waals surface area (Å²) in [7, 11) is 3.11. The first-order valence-corrected chi connectivity index (χ1v) is 13.0. The Bertz CT molecular complexity index is 1400. The van der Waals surface area contributed by atoms with E-state index < -0.39 is 6.04 Å². The minimum absolute atomic E-state index is 0.0818. The maximum atomic E-state index is 14.1. The molecular formula is C30H35N5O4. The van der Waals surface area contributed by atoms with Crippen LogP contribution in [-0.2, 0) is 22.7 Å². The van der Waals surface area contributed by atoms with E-state index in [1.165, 1.54) is 7.11 Å². The van der Waals surface area contributed by atoms with Gasteiger partial charge in [0.05, 0.1) is 19.7 Å². The summed E-state index contributed by atoms with van der Waals surface area (Å²) >= 11 is 0. The van der Waals surface area contributed by atoms with Crippen LogP contribution in [0.15, 0.2) is 72.8 Å². The van der Waals surface area contributed by atoms with Gasteiger partial charge in [0, 0.05) is 24.7 Å². The molecule has 9 heteroatoms. The van der Waals surface area contributed by atoms with Gasteiger partial charge in [-0.15, -0.1) is 5.10 Å². The van der Waals surface area contributed by atoms with E-state index in [0.29, 0.717) is 35.0 Å². The van der Waals surface area contributed by atoms with Crippen molar-refractivity contribution in [3.63, 3.8) is 0 Å². The molecule has 39 heavy (non-hydrogen) atoms. The molecule has 1 N–H and O–H groups in total. The molecule has 0 aliphatic heterocycles. The number of ether oxygens (including phenoxy) is 2. The molecule has 1 heterocycles. The summed E-state index contributed by atoms with van der Waals surface area (Å²) in [6, 6.07) is 21.4. The summed E-state index contributed by atoms with van der Waals surface area (Å²) in [5.41, 5.74) is 2.89. The van der Waals surface area contributed by atoms with Gasteiger partial charge in [-0.3, -0.25) is 9.59 Å². The number of methoxy groups -OCH3 is 2. The second-order valence-electron chi connectivity index (χ2n) is 9.73. The van der Waals surface area contributed by atoms with Gasteiger partial charge in [0.1, 0.15) is 29.6 Å². The molecule has 0 aliphatic rings. The van der Waals surface area contributed by atoms with Gasteiger partial charge in [-0.2, -0.15) is 0 Å². The van der Waals surface area contributed by atoms with Crippen molar-refractivity contribution in [3.8, 4) is 11.5 Å². The third-order valence-electron chi connectivity index (χ3n) is 6.54. The number of carbonyl (C=O) groups excluding carboxylic acids is 2. The fraction of sp³-hybridized carbons (Fsp3) is 0.333. The van der Waals surface area contributed by atoms with E-state index in [1.54, 1.807) is 34.9 Å². The minimum atomic E-state index is -0.958. The van der Waals surface area contributed by atoms with Gasteiger partial charge in [-0.1, -0.05) is 61.5 Å². The van der Waals surface area contributed by atoms with E-state index in [9.17, 15) is 9.59 Å². The Kier molecular flexibility index (Phi) is 9.14. The number of benzene rings is 3. The third kappa shape index (κ3) is 6.73. The van der Waals surface area contributed by atoms with Crippen LogP contribution >= 0.6 is 0 Å². The first kappa shape index (κ1) is 27.6. The van der Waals surface area contributed by atoms with Crippen molar-refractivity contribution in [2.75, 3.05) is 20.8 Å². The highest BCUT2D eigenvalue weighted by atomic mass is 16.5. The first-order valence-electron chi connectivity index (χ1n) is 13.0. The van der Waals surface area contributed by atoms with E-state index in [-0.39, 0.29) is 24.9 Å². The molecule has 9 nitrogen and oxygen atoms in total. The van der Waals surface area contributed by atoms with Gasteiger partial charge < -0.3 is 19.7 Å². The third-order valence-corrected chi connectivity index (χ3v) is 6.54. The van der Waals surface area contributed by atoms with Crippen LogP contribution in [-0.4, -0.2) is 52.5 Å².